The Morgan fingerprint density at radius 1 is 1.25 bits per heavy atom. The van der Waals surface area contributed by atoms with Crippen molar-refractivity contribution < 1.29 is 9.59 Å². The molecule has 0 radical (unpaired) electrons. The third-order valence-corrected chi connectivity index (χ3v) is 3.38. The van der Waals surface area contributed by atoms with Crippen LogP contribution in [0, 0.1) is 0 Å². The molecule has 20 heavy (non-hydrogen) atoms. The summed E-state index contributed by atoms with van der Waals surface area (Å²) in [5, 5.41) is 8.19. The van der Waals surface area contributed by atoms with Gasteiger partial charge in [0.05, 0.1) is 6.20 Å². The summed E-state index contributed by atoms with van der Waals surface area (Å²) in [6, 6.07) is 9.23. The smallest absolute Gasteiger partial charge is 0.321 e. The molecule has 0 aliphatic heterocycles. The second-order valence-electron chi connectivity index (χ2n) is 3.90. The number of hydrogen-bond donors (Lipinski definition) is 3. The Hall–Kier alpha value is -2.41. The highest BCUT2D eigenvalue weighted by Crippen LogP contribution is 2.17. The Balaban J connectivity index is 1.85. The van der Waals surface area contributed by atoms with Crippen LogP contribution in [0.2, 0.25) is 0 Å². The average molecular weight is 290 g/mol. The lowest BCUT2D eigenvalue weighted by atomic mass is 10.2. The van der Waals surface area contributed by atoms with E-state index >= 15 is 0 Å². The van der Waals surface area contributed by atoms with Crippen LogP contribution in [0.1, 0.15) is 15.2 Å². The van der Waals surface area contributed by atoms with Crippen LogP contribution in [0.25, 0.3) is 0 Å². The van der Waals surface area contributed by atoms with Crippen LogP contribution in [0.15, 0.2) is 36.5 Å². The molecule has 0 atom stereocenters. The maximum Gasteiger partial charge on any atom is 0.321 e. The Morgan fingerprint density at radius 3 is 2.70 bits per heavy atom. The molecule has 104 valence electrons. The molecule has 1 heterocycles. The lowest BCUT2D eigenvalue weighted by Gasteiger charge is -2.05. The molecule has 0 bridgehead atoms. The molecule has 0 saturated heterocycles. The fourth-order valence-corrected chi connectivity index (χ4v) is 2.24. The van der Waals surface area contributed by atoms with E-state index < -0.39 is 0 Å². The van der Waals surface area contributed by atoms with Crippen molar-refractivity contribution in [2.75, 3.05) is 12.4 Å². The third-order valence-electron chi connectivity index (χ3n) is 2.47. The molecule has 0 unspecified atom stereocenters. The Labute approximate surface area is 120 Å². The van der Waals surface area contributed by atoms with Crippen LogP contribution in [-0.4, -0.2) is 24.0 Å². The van der Waals surface area contributed by atoms with Crippen LogP contribution < -0.4 is 16.0 Å². The summed E-state index contributed by atoms with van der Waals surface area (Å²) in [7, 11) is 1.54. The van der Waals surface area contributed by atoms with Crippen molar-refractivity contribution in [3.05, 3.63) is 47.0 Å². The summed E-state index contributed by atoms with van der Waals surface area (Å²) in [5.41, 5.74) is 1.01. The number of urea groups is 1. The molecule has 0 spiro atoms. The highest BCUT2D eigenvalue weighted by Gasteiger charge is 2.10. The maximum absolute atomic E-state index is 11.7. The molecular weight excluding hydrogens is 276 g/mol. The van der Waals surface area contributed by atoms with Gasteiger partial charge in [0.2, 0.25) is 0 Å². The van der Waals surface area contributed by atoms with E-state index in [-0.39, 0.29) is 11.9 Å². The van der Waals surface area contributed by atoms with Gasteiger partial charge in [-0.05, 0) is 5.56 Å². The number of rotatable bonds is 4. The number of thiazole rings is 1. The second kappa shape index (κ2) is 6.67. The van der Waals surface area contributed by atoms with E-state index in [1.807, 2.05) is 30.3 Å². The SMILES string of the molecule is CNC(=O)c1cnc(NC(=O)NCc2ccccc2)s1. The van der Waals surface area contributed by atoms with Crippen LogP contribution in [0.5, 0.6) is 0 Å². The van der Waals surface area contributed by atoms with Crippen LogP contribution in [0.4, 0.5) is 9.93 Å². The van der Waals surface area contributed by atoms with Crippen molar-refractivity contribution in [2.45, 2.75) is 6.54 Å². The van der Waals surface area contributed by atoms with Gasteiger partial charge >= 0.3 is 6.03 Å². The first-order valence-corrected chi connectivity index (χ1v) is 6.77. The monoisotopic (exact) mass is 290 g/mol. The number of hydrogen-bond acceptors (Lipinski definition) is 4. The van der Waals surface area contributed by atoms with Gasteiger partial charge in [-0.25, -0.2) is 9.78 Å². The molecule has 2 aromatic rings. The number of carbonyl (C=O) groups excluding carboxylic acids is 2. The van der Waals surface area contributed by atoms with E-state index in [1.165, 1.54) is 6.20 Å². The predicted molar refractivity (Wildman–Crippen MR) is 77.8 cm³/mol. The van der Waals surface area contributed by atoms with E-state index in [4.69, 9.17) is 0 Å². The van der Waals surface area contributed by atoms with Crippen LogP contribution in [0.3, 0.4) is 0 Å². The summed E-state index contributed by atoms with van der Waals surface area (Å²) < 4.78 is 0. The molecule has 7 heteroatoms. The maximum atomic E-state index is 11.7. The number of nitrogens with one attached hydrogen (secondary N) is 3. The van der Waals surface area contributed by atoms with E-state index in [0.29, 0.717) is 16.6 Å². The van der Waals surface area contributed by atoms with Crippen molar-refractivity contribution in [1.29, 1.82) is 0 Å². The van der Waals surface area contributed by atoms with E-state index in [2.05, 4.69) is 20.9 Å². The Kier molecular flexibility index (Phi) is 4.67. The van der Waals surface area contributed by atoms with Gasteiger partial charge in [-0.15, -0.1) is 0 Å². The molecule has 0 saturated carbocycles. The number of amides is 3. The number of anilines is 1. The number of carbonyl (C=O) groups is 2. The second-order valence-corrected chi connectivity index (χ2v) is 4.93. The zero-order valence-corrected chi connectivity index (χ0v) is 11.7. The Morgan fingerprint density at radius 2 is 2.00 bits per heavy atom. The zero-order chi connectivity index (χ0) is 14.4. The van der Waals surface area contributed by atoms with E-state index in [0.717, 1.165) is 16.9 Å². The topological polar surface area (TPSA) is 83.1 Å². The average Bonchev–Trinajstić information content (AvgIpc) is 2.94. The van der Waals surface area contributed by atoms with Gasteiger partial charge in [-0.1, -0.05) is 41.7 Å². The molecule has 0 aliphatic carbocycles. The molecule has 1 aromatic heterocycles. The van der Waals surface area contributed by atoms with Gasteiger partial charge in [-0.2, -0.15) is 0 Å². The molecule has 0 fully saturated rings. The lowest BCUT2D eigenvalue weighted by molar-refractivity contribution is 0.0967. The van der Waals surface area contributed by atoms with Crippen molar-refractivity contribution in [3.8, 4) is 0 Å². The summed E-state index contributed by atoms with van der Waals surface area (Å²) in [4.78, 5) is 27.4. The zero-order valence-electron chi connectivity index (χ0n) is 10.8. The third kappa shape index (κ3) is 3.79. The van der Waals surface area contributed by atoms with Crippen molar-refractivity contribution in [3.63, 3.8) is 0 Å². The summed E-state index contributed by atoms with van der Waals surface area (Å²) in [5.74, 6) is -0.222. The minimum absolute atomic E-state index is 0.222. The molecular formula is C13H14N4O2S. The van der Waals surface area contributed by atoms with Gasteiger partial charge in [-0.3, -0.25) is 10.1 Å². The highest BCUT2D eigenvalue weighted by molar-refractivity contribution is 7.17. The number of nitrogens with zero attached hydrogens (tertiary/aromatic N) is 1. The summed E-state index contributed by atoms with van der Waals surface area (Å²) in [6.45, 7) is 0.431. The van der Waals surface area contributed by atoms with Crippen molar-refractivity contribution >= 4 is 28.4 Å². The van der Waals surface area contributed by atoms with Gasteiger partial charge in [0.1, 0.15) is 4.88 Å². The van der Waals surface area contributed by atoms with Gasteiger partial charge in [0.25, 0.3) is 5.91 Å². The van der Waals surface area contributed by atoms with Crippen LogP contribution >= 0.6 is 11.3 Å². The predicted octanol–water partition coefficient (Wildman–Crippen LogP) is 1.82. The summed E-state index contributed by atoms with van der Waals surface area (Å²) >= 11 is 1.12. The van der Waals surface area contributed by atoms with Crippen LogP contribution in [-0.2, 0) is 6.54 Å². The molecule has 1 aromatic carbocycles. The van der Waals surface area contributed by atoms with Crippen molar-refractivity contribution in [1.82, 2.24) is 15.6 Å². The first-order chi connectivity index (χ1) is 9.69. The van der Waals surface area contributed by atoms with Crippen molar-refractivity contribution in [2.24, 2.45) is 0 Å². The largest absolute Gasteiger partial charge is 0.354 e. The molecule has 2 rings (SSSR count). The first kappa shape index (κ1) is 14.0. The minimum Gasteiger partial charge on any atom is -0.354 e. The minimum atomic E-state index is -0.355. The van der Waals surface area contributed by atoms with Gasteiger partial charge in [0, 0.05) is 13.6 Å². The quantitative estimate of drug-likeness (QED) is 0.803. The van der Waals surface area contributed by atoms with E-state index in [9.17, 15) is 9.59 Å². The Bertz CT molecular complexity index is 597. The molecule has 0 aliphatic rings. The number of benzene rings is 1. The van der Waals surface area contributed by atoms with Gasteiger partial charge in [0.15, 0.2) is 5.13 Å². The highest BCUT2D eigenvalue weighted by atomic mass is 32.1. The number of aromatic nitrogens is 1. The first-order valence-electron chi connectivity index (χ1n) is 5.95. The fraction of sp³-hybridized carbons (Fsp3) is 0.154. The normalized spacial score (nSPS) is 9.85. The molecule has 3 N–H and O–H groups in total. The standard InChI is InChI=1S/C13H14N4O2S/c1-14-11(18)10-8-16-13(20-10)17-12(19)15-7-9-5-3-2-4-6-9/h2-6,8H,7H2,1H3,(H,14,18)(H2,15,16,17,19). The lowest BCUT2D eigenvalue weighted by Crippen LogP contribution is -2.28. The van der Waals surface area contributed by atoms with E-state index in [1.54, 1.807) is 7.05 Å². The molecule has 3 amide bonds. The molecule has 6 nitrogen and oxygen atoms in total. The fourth-order valence-electron chi connectivity index (χ4n) is 1.48. The summed E-state index contributed by atoms with van der Waals surface area (Å²) in [6.07, 6.45) is 1.43. The van der Waals surface area contributed by atoms with Gasteiger partial charge < -0.3 is 10.6 Å².